The van der Waals surface area contributed by atoms with Crippen molar-refractivity contribution in [3.8, 4) is 0 Å². The van der Waals surface area contributed by atoms with Crippen LogP contribution in [0.25, 0.3) is 0 Å². The van der Waals surface area contributed by atoms with Gasteiger partial charge in [0.15, 0.2) is 6.10 Å². The van der Waals surface area contributed by atoms with E-state index < -0.39 is 26.5 Å². The number of phosphoric ester groups is 1. The lowest BCUT2D eigenvalue weighted by Gasteiger charge is -2.19. The molecule has 0 aromatic heterocycles. The van der Waals surface area contributed by atoms with Gasteiger partial charge in [0.1, 0.15) is 6.61 Å². The second-order valence-corrected chi connectivity index (χ2v) is 17.4. The molecule has 0 fully saturated rings. The maximum absolute atomic E-state index is 12.6. The molecule has 0 aromatic carbocycles. The van der Waals surface area contributed by atoms with Gasteiger partial charge in [-0.05, 0) is 12.8 Å². The van der Waals surface area contributed by atoms with E-state index in [9.17, 15) is 19.0 Å². The van der Waals surface area contributed by atoms with Crippen molar-refractivity contribution in [3.63, 3.8) is 0 Å². The summed E-state index contributed by atoms with van der Waals surface area (Å²) in [4.78, 5) is 34.9. The van der Waals surface area contributed by atoms with Crippen LogP contribution in [-0.4, -0.2) is 49.3 Å². The minimum absolute atomic E-state index is 0.0582. The molecule has 0 aliphatic carbocycles. The van der Waals surface area contributed by atoms with Gasteiger partial charge < -0.3 is 20.1 Å². The molecular formula is C45H90NO8P. The van der Waals surface area contributed by atoms with Gasteiger partial charge in [-0.1, -0.05) is 219 Å². The van der Waals surface area contributed by atoms with Crippen LogP contribution in [0.3, 0.4) is 0 Å². The molecule has 0 aromatic rings. The Kier molecular flexibility index (Phi) is 41.8. The summed E-state index contributed by atoms with van der Waals surface area (Å²) in [5.41, 5.74) is 5.35. The van der Waals surface area contributed by atoms with Crippen LogP contribution >= 0.6 is 7.82 Å². The first-order valence-electron chi connectivity index (χ1n) is 23.5. The van der Waals surface area contributed by atoms with Crippen LogP contribution in [0.5, 0.6) is 0 Å². The Hall–Kier alpha value is -0.990. The number of ether oxygens (including phenoxy) is 2. The maximum atomic E-state index is 12.6. The Morgan fingerprint density at radius 2 is 0.782 bits per heavy atom. The zero-order chi connectivity index (χ0) is 40.3. The van der Waals surface area contributed by atoms with Crippen LogP contribution in [0.4, 0.5) is 0 Å². The van der Waals surface area contributed by atoms with Crippen molar-refractivity contribution >= 4 is 19.8 Å². The third-order valence-corrected chi connectivity index (χ3v) is 11.5. The summed E-state index contributed by atoms with van der Waals surface area (Å²) in [6.07, 6.45) is 42.7. The Morgan fingerprint density at radius 1 is 0.473 bits per heavy atom. The van der Waals surface area contributed by atoms with E-state index in [1.807, 2.05) is 0 Å². The summed E-state index contributed by atoms with van der Waals surface area (Å²) in [5, 5.41) is 0. The smallest absolute Gasteiger partial charge is 0.462 e. The fourth-order valence-electron chi connectivity index (χ4n) is 6.99. The summed E-state index contributed by atoms with van der Waals surface area (Å²) < 4.78 is 32.8. The fraction of sp³-hybridized carbons (Fsp3) is 0.956. The number of hydrogen-bond donors (Lipinski definition) is 2. The van der Waals surface area contributed by atoms with Crippen LogP contribution in [0.1, 0.15) is 245 Å². The molecule has 0 saturated heterocycles. The Morgan fingerprint density at radius 3 is 1.11 bits per heavy atom. The van der Waals surface area contributed by atoms with Gasteiger partial charge in [0.25, 0.3) is 0 Å². The lowest BCUT2D eigenvalue weighted by Crippen LogP contribution is -2.29. The highest BCUT2D eigenvalue weighted by molar-refractivity contribution is 7.47. The van der Waals surface area contributed by atoms with Gasteiger partial charge in [0.2, 0.25) is 0 Å². The van der Waals surface area contributed by atoms with Gasteiger partial charge in [-0.3, -0.25) is 18.6 Å². The molecule has 2 unspecified atom stereocenters. The molecule has 328 valence electrons. The number of unbranched alkanes of at least 4 members (excludes halogenated alkanes) is 32. The standard InChI is InChI=1S/C45H90NO8P/c1-3-5-7-9-11-13-15-17-19-20-21-22-24-25-27-29-31-33-35-37-44(47)51-41-43(42-53-55(49,50)52-40-39-46)54-45(48)38-36-34-32-30-28-26-23-18-16-14-12-10-8-6-4-2/h43H,3-42,46H2,1-2H3,(H,49,50). The average molecular weight is 804 g/mol. The minimum atomic E-state index is -4.37. The number of carbonyl (C=O) groups excluding carboxylic acids is 2. The number of rotatable bonds is 45. The van der Waals surface area contributed by atoms with E-state index in [1.165, 1.54) is 180 Å². The molecule has 0 heterocycles. The molecule has 3 N–H and O–H groups in total. The van der Waals surface area contributed by atoms with E-state index in [0.717, 1.165) is 32.1 Å². The third-order valence-electron chi connectivity index (χ3n) is 10.5. The van der Waals surface area contributed by atoms with Crippen LogP contribution in [0, 0.1) is 0 Å². The van der Waals surface area contributed by atoms with E-state index >= 15 is 0 Å². The van der Waals surface area contributed by atoms with Crippen molar-refractivity contribution in [2.75, 3.05) is 26.4 Å². The zero-order valence-electron chi connectivity index (χ0n) is 36.2. The first-order valence-corrected chi connectivity index (χ1v) is 25.0. The Bertz CT molecular complexity index is 876. The van der Waals surface area contributed by atoms with Gasteiger partial charge >= 0.3 is 19.8 Å². The molecule has 0 rings (SSSR count). The molecule has 2 atom stereocenters. The first kappa shape index (κ1) is 54.0. The summed E-state index contributed by atoms with van der Waals surface area (Å²) in [6.45, 7) is 3.79. The van der Waals surface area contributed by atoms with E-state index in [-0.39, 0.29) is 38.6 Å². The highest BCUT2D eigenvalue weighted by atomic mass is 31.2. The van der Waals surface area contributed by atoms with Gasteiger partial charge in [-0.15, -0.1) is 0 Å². The topological polar surface area (TPSA) is 134 Å². The van der Waals surface area contributed by atoms with Gasteiger partial charge in [-0.2, -0.15) is 0 Å². The molecule has 0 amide bonds. The number of nitrogens with two attached hydrogens (primary N) is 1. The minimum Gasteiger partial charge on any atom is -0.462 e. The molecule has 0 spiro atoms. The molecule has 0 bridgehead atoms. The van der Waals surface area contributed by atoms with Crippen LogP contribution in [0.15, 0.2) is 0 Å². The SMILES string of the molecule is CCCCCCCCCCCCCCCCCCCCCC(=O)OCC(COP(=O)(O)OCCN)OC(=O)CCCCCCCCCCCCCCCCC. The lowest BCUT2D eigenvalue weighted by atomic mass is 10.0. The second kappa shape index (κ2) is 42.6. The monoisotopic (exact) mass is 804 g/mol. The van der Waals surface area contributed by atoms with Crippen molar-refractivity contribution in [1.29, 1.82) is 0 Å². The normalized spacial score (nSPS) is 13.2. The van der Waals surface area contributed by atoms with Crippen molar-refractivity contribution < 1.29 is 37.6 Å². The molecule has 0 aliphatic heterocycles. The van der Waals surface area contributed by atoms with Crippen LogP contribution in [-0.2, 0) is 32.7 Å². The van der Waals surface area contributed by atoms with Crippen LogP contribution < -0.4 is 5.73 Å². The second-order valence-electron chi connectivity index (χ2n) is 16.0. The average Bonchev–Trinajstić information content (AvgIpc) is 3.17. The van der Waals surface area contributed by atoms with Crippen molar-refractivity contribution in [3.05, 3.63) is 0 Å². The number of esters is 2. The largest absolute Gasteiger partial charge is 0.472 e. The summed E-state index contributed by atoms with van der Waals surface area (Å²) in [5.74, 6) is -0.809. The van der Waals surface area contributed by atoms with E-state index in [4.69, 9.17) is 24.3 Å². The highest BCUT2D eigenvalue weighted by Gasteiger charge is 2.26. The number of phosphoric acid groups is 1. The quantitative estimate of drug-likeness (QED) is 0.0350. The molecule has 0 aliphatic rings. The summed E-state index contributed by atoms with van der Waals surface area (Å²) in [7, 11) is -4.37. The molecule has 9 nitrogen and oxygen atoms in total. The highest BCUT2D eigenvalue weighted by Crippen LogP contribution is 2.43. The molecule has 0 saturated carbocycles. The zero-order valence-corrected chi connectivity index (χ0v) is 37.1. The molecule has 55 heavy (non-hydrogen) atoms. The number of carbonyl (C=O) groups is 2. The van der Waals surface area contributed by atoms with Gasteiger partial charge in [0, 0.05) is 19.4 Å². The predicted octanol–water partition coefficient (Wildman–Crippen LogP) is 13.6. The predicted molar refractivity (Wildman–Crippen MR) is 229 cm³/mol. The maximum Gasteiger partial charge on any atom is 0.472 e. The first-order chi connectivity index (χ1) is 26.8. The summed E-state index contributed by atoms with van der Waals surface area (Å²) >= 11 is 0. The van der Waals surface area contributed by atoms with Gasteiger partial charge in [0.05, 0.1) is 13.2 Å². The van der Waals surface area contributed by atoms with E-state index in [2.05, 4.69) is 13.8 Å². The molecular weight excluding hydrogens is 713 g/mol. The molecule has 10 heteroatoms. The third kappa shape index (κ3) is 42.4. The van der Waals surface area contributed by atoms with Crippen molar-refractivity contribution in [2.24, 2.45) is 5.73 Å². The Balaban J connectivity index is 4.03. The fourth-order valence-corrected chi connectivity index (χ4v) is 7.76. The van der Waals surface area contributed by atoms with Gasteiger partial charge in [-0.25, -0.2) is 4.57 Å². The van der Waals surface area contributed by atoms with Crippen molar-refractivity contribution in [1.82, 2.24) is 0 Å². The lowest BCUT2D eigenvalue weighted by molar-refractivity contribution is -0.161. The van der Waals surface area contributed by atoms with Crippen LogP contribution in [0.2, 0.25) is 0 Å². The molecule has 0 radical (unpaired) electrons. The number of hydrogen-bond acceptors (Lipinski definition) is 8. The van der Waals surface area contributed by atoms with E-state index in [0.29, 0.717) is 6.42 Å². The Labute approximate surface area is 339 Å². The van der Waals surface area contributed by atoms with Crippen molar-refractivity contribution in [2.45, 2.75) is 251 Å². The van der Waals surface area contributed by atoms with E-state index in [1.54, 1.807) is 0 Å². The summed E-state index contributed by atoms with van der Waals surface area (Å²) in [6, 6.07) is 0.